The Morgan fingerprint density at radius 3 is 2.73 bits per heavy atom. The highest BCUT2D eigenvalue weighted by Gasteiger charge is 2.33. The van der Waals surface area contributed by atoms with E-state index < -0.39 is 0 Å². The van der Waals surface area contributed by atoms with Crippen LogP contribution in [0.1, 0.15) is 48.2 Å². The highest BCUT2D eigenvalue weighted by molar-refractivity contribution is 7.10. The van der Waals surface area contributed by atoms with Crippen molar-refractivity contribution in [3.63, 3.8) is 0 Å². The monoisotopic (exact) mass is 426 g/mol. The van der Waals surface area contributed by atoms with E-state index in [-0.39, 0.29) is 24.4 Å². The van der Waals surface area contributed by atoms with E-state index in [1.165, 1.54) is 10.4 Å². The molecule has 2 amide bonds. The number of hydrogen-bond donors (Lipinski definition) is 0. The van der Waals surface area contributed by atoms with Crippen LogP contribution in [0.15, 0.2) is 48.4 Å². The van der Waals surface area contributed by atoms with Gasteiger partial charge in [-0.15, -0.1) is 17.9 Å². The molecule has 0 unspecified atom stereocenters. The van der Waals surface area contributed by atoms with Gasteiger partial charge in [-0.1, -0.05) is 31.6 Å². The number of carbonyl (C=O) groups is 2. The third-order valence-corrected chi connectivity index (χ3v) is 6.49. The van der Waals surface area contributed by atoms with Crippen LogP contribution in [0.2, 0.25) is 0 Å². The molecule has 6 heteroatoms. The topological polar surface area (TPSA) is 49.9 Å². The lowest BCUT2D eigenvalue weighted by atomic mass is 9.93. The van der Waals surface area contributed by atoms with E-state index in [4.69, 9.17) is 4.74 Å². The summed E-state index contributed by atoms with van der Waals surface area (Å²) in [6.45, 7) is 6.93. The van der Waals surface area contributed by atoms with Crippen LogP contribution in [0.4, 0.5) is 0 Å². The number of thiophene rings is 1. The normalized spacial score (nSPS) is 15.4. The molecule has 3 rings (SSSR count). The molecule has 1 aliphatic rings. The number of amides is 2. The van der Waals surface area contributed by atoms with Crippen LogP contribution < -0.4 is 4.74 Å². The number of carbonyl (C=O) groups excluding carboxylic acids is 2. The van der Waals surface area contributed by atoms with Crippen molar-refractivity contribution in [1.82, 2.24) is 9.80 Å². The Bertz CT molecular complexity index is 875. The molecule has 2 aromatic rings. The molecule has 2 heterocycles. The van der Waals surface area contributed by atoms with Crippen LogP contribution in [0, 0.1) is 0 Å². The van der Waals surface area contributed by atoms with E-state index in [1.807, 2.05) is 29.2 Å². The van der Waals surface area contributed by atoms with Crippen LogP contribution in [-0.2, 0) is 16.0 Å². The minimum atomic E-state index is -0.144. The van der Waals surface area contributed by atoms with Gasteiger partial charge in [0.05, 0.1) is 13.2 Å². The van der Waals surface area contributed by atoms with Gasteiger partial charge in [0.15, 0.2) is 0 Å². The van der Waals surface area contributed by atoms with Crippen molar-refractivity contribution in [2.75, 3.05) is 26.7 Å². The molecule has 30 heavy (non-hydrogen) atoms. The summed E-state index contributed by atoms with van der Waals surface area (Å²) in [6, 6.07) is 9.86. The zero-order valence-corrected chi connectivity index (χ0v) is 18.6. The smallest absolute Gasteiger partial charge is 0.243 e. The number of ether oxygens (including phenoxy) is 1. The number of rotatable bonds is 9. The van der Waals surface area contributed by atoms with Gasteiger partial charge in [-0.05, 0) is 47.5 Å². The molecule has 0 bridgehead atoms. The largest absolute Gasteiger partial charge is 0.497 e. The fourth-order valence-corrected chi connectivity index (χ4v) is 4.79. The summed E-state index contributed by atoms with van der Waals surface area (Å²) < 4.78 is 5.29. The maximum atomic E-state index is 13.4. The number of methoxy groups -OCH3 is 1. The molecule has 1 aromatic carbocycles. The Balaban J connectivity index is 1.85. The quantitative estimate of drug-likeness (QED) is 0.557. The number of fused-ring (bicyclic) bond motifs is 1. The molecule has 0 saturated heterocycles. The first-order valence-electron chi connectivity index (χ1n) is 10.5. The van der Waals surface area contributed by atoms with Crippen molar-refractivity contribution >= 4 is 23.2 Å². The number of hydrogen-bond acceptors (Lipinski definition) is 4. The molecule has 1 aromatic heterocycles. The van der Waals surface area contributed by atoms with Gasteiger partial charge >= 0.3 is 0 Å². The van der Waals surface area contributed by atoms with Gasteiger partial charge in [-0.2, -0.15) is 0 Å². The fourth-order valence-electron chi connectivity index (χ4n) is 3.88. The van der Waals surface area contributed by atoms with Gasteiger partial charge in [-0.25, -0.2) is 0 Å². The number of unbranched alkanes of at least 4 members (excludes halogenated alkanes) is 1. The summed E-state index contributed by atoms with van der Waals surface area (Å²) >= 11 is 1.74. The van der Waals surface area contributed by atoms with Gasteiger partial charge in [0, 0.05) is 24.4 Å². The van der Waals surface area contributed by atoms with Crippen LogP contribution >= 0.6 is 11.3 Å². The van der Waals surface area contributed by atoms with Crippen LogP contribution in [0.3, 0.4) is 0 Å². The Kier molecular flexibility index (Phi) is 7.69. The second-order valence-corrected chi connectivity index (χ2v) is 8.48. The number of benzene rings is 1. The molecule has 0 spiro atoms. The molecule has 0 saturated carbocycles. The molecule has 160 valence electrons. The molecule has 0 N–H and O–H groups in total. The molecule has 1 atom stereocenters. The summed E-state index contributed by atoms with van der Waals surface area (Å²) in [4.78, 5) is 30.8. The highest BCUT2D eigenvalue weighted by atomic mass is 32.1. The second kappa shape index (κ2) is 10.4. The first-order chi connectivity index (χ1) is 14.6. The lowest BCUT2D eigenvalue weighted by molar-refractivity contribution is -0.141. The Hall–Kier alpha value is -2.60. The lowest BCUT2D eigenvalue weighted by Gasteiger charge is -2.37. The maximum Gasteiger partial charge on any atom is 0.243 e. The van der Waals surface area contributed by atoms with Crippen LogP contribution in [0.25, 0.3) is 0 Å². The minimum absolute atomic E-state index is 0.0133. The molecular weight excluding hydrogens is 396 g/mol. The first kappa shape index (κ1) is 22.1. The first-order valence-corrected chi connectivity index (χ1v) is 11.3. The van der Waals surface area contributed by atoms with Gasteiger partial charge in [-0.3, -0.25) is 9.59 Å². The van der Waals surface area contributed by atoms with Crippen molar-refractivity contribution in [3.8, 4) is 5.75 Å². The van der Waals surface area contributed by atoms with Gasteiger partial charge < -0.3 is 14.5 Å². The van der Waals surface area contributed by atoms with E-state index in [0.29, 0.717) is 19.5 Å². The molecule has 0 aliphatic carbocycles. The fraction of sp³-hybridized carbons (Fsp3) is 0.417. The van der Waals surface area contributed by atoms with E-state index in [2.05, 4.69) is 24.9 Å². The Labute approximate surface area is 182 Å². The van der Waals surface area contributed by atoms with Crippen LogP contribution in [-0.4, -0.2) is 48.4 Å². The highest BCUT2D eigenvalue weighted by Crippen LogP contribution is 2.38. The lowest BCUT2D eigenvalue weighted by Crippen LogP contribution is -2.46. The third kappa shape index (κ3) is 4.93. The molecular formula is C24H30N2O3S. The standard InChI is InChI=1S/C24H30N2O3S/c1-4-6-7-22(27)25(14-5-2)17-23(28)26-15-12-21-20(13-16-30-21)24(26)18-8-10-19(29-3)11-9-18/h5,8-11,13,16,24H,2,4,6-7,12,14-15,17H2,1,3H3/t24-/m0/s1. The number of nitrogens with zero attached hydrogens (tertiary/aromatic N) is 2. The van der Waals surface area contributed by atoms with E-state index in [1.54, 1.807) is 29.4 Å². The predicted molar refractivity (Wildman–Crippen MR) is 121 cm³/mol. The predicted octanol–water partition coefficient (Wildman–Crippen LogP) is 4.44. The average molecular weight is 427 g/mol. The maximum absolute atomic E-state index is 13.4. The summed E-state index contributed by atoms with van der Waals surface area (Å²) in [5, 5.41) is 2.09. The van der Waals surface area contributed by atoms with Crippen molar-refractivity contribution in [2.45, 2.75) is 38.6 Å². The summed E-state index contributed by atoms with van der Waals surface area (Å²) in [7, 11) is 1.65. The van der Waals surface area contributed by atoms with Gasteiger partial charge in [0.1, 0.15) is 12.3 Å². The second-order valence-electron chi connectivity index (χ2n) is 7.48. The minimum Gasteiger partial charge on any atom is -0.497 e. The zero-order valence-electron chi connectivity index (χ0n) is 17.8. The van der Waals surface area contributed by atoms with Crippen molar-refractivity contribution < 1.29 is 14.3 Å². The zero-order chi connectivity index (χ0) is 21.5. The van der Waals surface area contributed by atoms with Gasteiger partial charge in [0.25, 0.3) is 0 Å². The van der Waals surface area contributed by atoms with Crippen molar-refractivity contribution in [1.29, 1.82) is 0 Å². The summed E-state index contributed by atoms with van der Waals surface area (Å²) in [6.07, 6.45) is 4.78. The average Bonchev–Trinajstić information content (AvgIpc) is 3.25. The van der Waals surface area contributed by atoms with E-state index in [9.17, 15) is 9.59 Å². The van der Waals surface area contributed by atoms with Gasteiger partial charge in [0.2, 0.25) is 11.8 Å². The SMILES string of the molecule is C=CCN(CC(=O)N1CCc2sccc2[C@@H]1c1ccc(OC)cc1)C(=O)CCCC. The molecule has 0 fully saturated rings. The summed E-state index contributed by atoms with van der Waals surface area (Å²) in [5.74, 6) is 0.773. The third-order valence-electron chi connectivity index (χ3n) is 5.49. The molecule has 1 aliphatic heterocycles. The molecule has 0 radical (unpaired) electrons. The summed E-state index contributed by atoms with van der Waals surface area (Å²) in [5.41, 5.74) is 2.23. The van der Waals surface area contributed by atoms with Crippen molar-refractivity contribution in [2.24, 2.45) is 0 Å². The Morgan fingerprint density at radius 1 is 1.30 bits per heavy atom. The Morgan fingerprint density at radius 2 is 2.07 bits per heavy atom. The van der Waals surface area contributed by atoms with Crippen molar-refractivity contribution in [3.05, 3.63) is 64.4 Å². The van der Waals surface area contributed by atoms with E-state index in [0.717, 1.165) is 30.6 Å². The van der Waals surface area contributed by atoms with Crippen LogP contribution in [0.5, 0.6) is 5.75 Å². The molecule has 5 nitrogen and oxygen atoms in total. The van der Waals surface area contributed by atoms with E-state index >= 15 is 0 Å².